The van der Waals surface area contributed by atoms with E-state index in [9.17, 15) is 14.0 Å². The van der Waals surface area contributed by atoms with Crippen molar-refractivity contribution < 1.29 is 19.1 Å². The second kappa shape index (κ2) is 7.32. The van der Waals surface area contributed by atoms with Crippen molar-refractivity contribution in [3.63, 3.8) is 0 Å². The molecule has 0 radical (unpaired) electrons. The topological polar surface area (TPSA) is 70.5 Å². The van der Waals surface area contributed by atoms with Gasteiger partial charge in [-0.2, -0.15) is 0 Å². The molecule has 23 heavy (non-hydrogen) atoms. The first-order chi connectivity index (χ1) is 10.9. The monoisotopic (exact) mass is 336 g/mol. The van der Waals surface area contributed by atoms with Crippen LogP contribution in [0.25, 0.3) is 11.3 Å². The van der Waals surface area contributed by atoms with E-state index in [0.29, 0.717) is 10.7 Å². The van der Waals surface area contributed by atoms with Crippen LogP contribution in [0.2, 0.25) is 0 Å². The summed E-state index contributed by atoms with van der Waals surface area (Å²) in [5, 5.41) is 11.3. The van der Waals surface area contributed by atoms with Crippen LogP contribution < -0.4 is 0 Å². The molecule has 1 aromatic carbocycles. The number of aromatic nitrogens is 1. The number of carbonyl (C=O) groups excluding carboxylic acids is 1. The lowest BCUT2D eigenvalue weighted by atomic mass is 10.1. The molecule has 1 heterocycles. The van der Waals surface area contributed by atoms with Gasteiger partial charge in [0.15, 0.2) is 0 Å². The number of likely N-dealkylation sites (N-methyl/N-ethyl adjacent to an activating group) is 1. The van der Waals surface area contributed by atoms with E-state index >= 15 is 0 Å². The maximum atomic E-state index is 12.9. The lowest BCUT2D eigenvalue weighted by Gasteiger charge is -2.18. The highest BCUT2D eigenvalue weighted by Gasteiger charge is 2.18. The number of carboxylic acid groups (broad SMARTS) is 1. The summed E-state index contributed by atoms with van der Waals surface area (Å²) in [6.45, 7) is 1.71. The molecule has 2 rings (SSSR count). The minimum atomic E-state index is -0.933. The van der Waals surface area contributed by atoms with E-state index in [1.807, 2.05) is 5.38 Å². The molecule has 7 heteroatoms. The Hall–Kier alpha value is -2.28. The minimum Gasteiger partial charge on any atom is -0.481 e. The lowest BCUT2D eigenvalue weighted by molar-refractivity contribution is -0.142. The molecule has 122 valence electrons. The molecule has 1 atom stereocenters. The average molecular weight is 336 g/mol. The van der Waals surface area contributed by atoms with Crippen molar-refractivity contribution in [1.82, 2.24) is 9.88 Å². The second-order valence-electron chi connectivity index (χ2n) is 5.32. The number of benzene rings is 1. The smallest absolute Gasteiger partial charge is 0.308 e. The normalized spacial score (nSPS) is 12.0. The summed E-state index contributed by atoms with van der Waals surface area (Å²) in [6.07, 6.45) is 0.120. The van der Waals surface area contributed by atoms with Gasteiger partial charge in [0.1, 0.15) is 10.8 Å². The van der Waals surface area contributed by atoms with Crippen LogP contribution >= 0.6 is 11.3 Å². The van der Waals surface area contributed by atoms with Crippen molar-refractivity contribution in [2.24, 2.45) is 5.92 Å². The zero-order valence-electron chi connectivity index (χ0n) is 12.8. The number of aliphatic carboxylic acids is 1. The Morgan fingerprint density at radius 2 is 2.00 bits per heavy atom. The van der Waals surface area contributed by atoms with Gasteiger partial charge in [0.25, 0.3) is 0 Å². The first kappa shape index (κ1) is 17.1. The van der Waals surface area contributed by atoms with Gasteiger partial charge < -0.3 is 10.0 Å². The van der Waals surface area contributed by atoms with Gasteiger partial charge in [-0.1, -0.05) is 6.92 Å². The first-order valence-corrected chi connectivity index (χ1v) is 7.92. The van der Waals surface area contributed by atoms with Crippen molar-refractivity contribution in [1.29, 1.82) is 0 Å². The molecule has 0 spiro atoms. The summed E-state index contributed by atoms with van der Waals surface area (Å²) in [6, 6.07) is 5.99. The van der Waals surface area contributed by atoms with Gasteiger partial charge >= 0.3 is 5.97 Å². The highest BCUT2D eigenvalue weighted by Crippen LogP contribution is 2.22. The Labute approximate surface area is 137 Å². The van der Waals surface area contributed by atoms with E-state index in [4.69, 9.17) is 5.11 Å². The fourth-order valence-corrected chi connectivity index (χ4v) is 2.79. The predicted molar refractivity (Wildman–Crippen MR) is 85.6 cm³/mol. The number of thiazole rings is 1. The number of amides is 1. The molecule has 0 bridgehead atoms. The molecular formula is C16H17FN2O3S. The number of carboxylic acids is 1. The molecule has 1 N–H and O–H groups in total. The van der Waals surface area contributed by atoms with Crippen molar-refractivity contribution >= 4 is 23.2 Å². The molecule has 0 fully saturated rings. The highest BCUT2D eigenvalue weighted by molar-refractivity contribution is 7.10. The molecule has 0 aliphatic rings. The molecule has 0 aliphatic carbocycles. The lowest BCUT2D eigenvalue weighted by Crippen LogP contribution is -2.34. The van der Waals surface area contributed by atoms with Gasteiger partial charge in [-0.05, 0) is 24.3 Å². The van der Waals surface area contributed by atoms with Gasteiger partial charge in [-0.25, -0.2) is 9.37 Å². The van der Waals surface area contributed by atoms with E-state index in [-0.39, 0.29) is 24.7 Å². The van der Waals surface area contributed by atoms with Crippen LogP contribution in [-0.4, -0.2) is 40.5 Å². The van der Waals surface area contributed by atoms with Crippen LogP contribution in [0.4, 0.5) is 4.39 Å². The predicted octanol–water partition coefficient (Wildman–Crippen LogP) is 2.67. The Morgan fingerprint density at radius 1 is 1.35 bits per heavy atom. The van der Waals surface area contributed by atoms with Gasteiger partial charge in [0, 0.05) is 24.5 Å². The summed E-state index contributed by atoms with van der Waals surface area (Å²) in [5.41, 5.74) is 1.48. The van der Waals surface area contributed by atoms with Gasteiger partial charge in [-0.3, -0.25) is 9.59 Å². The fraction of sp³-hybridized carbons (Fsp3) is 0.312. The van der Waals surface area contributed by atoms with Crippen LogP contribution in [-0.2, 0) is 16.0 Å². The van der Waals surface area contributed by atoms with Crippen LogP contribution in [0, 0.1) is 11.7 Å². The number of carbonyl (C=O) groups is 2. The molecule has 0 aliphatic heterocycles. The first-order valence-electron chi connectivity index (χ1n) is 7.04. The summed E-state index contributed by atoms with van der Waals surface area (Å²) >= 11 is 1.35. The summed E-state index contributed by atoms with van der Waals surface area (Å²) < 4.78 is 12.9. The fourth-order valence-electron chi connectivity index (χ4n) is 2.00. The van der Waals surface area contributed by atoms with E-state index in [1.54, 1.807) is 26.1 Å². The van der Waals surface area contributed by atoms with Gasteiger partial charge in [-0.15, -0.1) is 11.3 Å². The number of hydrogen-bond acceptors (Lipinski definition) is 4. The van der Waals surface area contributed by atoms with Crippen molar-refractivity contribution in [2.75, 3.05) is 13.6 Å². The zero-order chi connectivity index (χ0) is 17.0. The van der Waals surface area contributed by atoms with E-state index < -0.39 is 11.9 Å². The highest BCUT2D eigenvalue weighted by atomic mass is 32.1. The van der Waals surface area contributed by atoms with Crippen LogP contribution in [0.15, 0.2) is 29.6 Å². The van der Waals surface area contributed by atoms with Crippen molar-refractivity contribution in [3.05, 3.63) is 40.5 Å². The second-order valence-corrected chi connectivity index (χ2v) is 6.27. The van der Waals surface area contributed by atoms with E-state index in [2.05, 4.69) is 4.98 Å². The number of halogens is 1. The molecule has 0 saturated heterocycles. The third kappa shape index (κ3) is 4.59. The molecule has 5 nitrogen and oxygen atoms in total. The summed E-state index contributed by atoms with van der Waals surface area (Å²) in [7, 11) is 1.58. The molecule has 1 aromatic heterocycles. The Bertz CT molecular complexity index is 700. The van der Waals surface area contributed by atoms with Gasteiger partial charge in [0.2, 0.25) is 5.91 Å². The van der Waals surface area contributed by atoms with E-state index in [0.717, 1.165) is 5.56 Å². The number of rotatable bonds is 6. The third-order valence-corrected chi connectivity index (χ3v) is 4.24. The van der Waals surface area contributed by atoms with Crippen molar-refractivity contribution in [3.8, 4) is 11.3 Å². The SMILES string of the molecule is CC(CN(C)C(=O)Cc1nc(-c2ccc(F)cc2)cs1)C(=O)O. The summed E-state index contributed by atoms with van der Waals surface area (Å²) in [4.78, 5) is 28.7. The Kier molecular flexibility index (Phi) is 5.44. The number of hydrogen-bond donors (Lipinski definition) is 1. The van der Waals surface area contributed by atoms with Crippen LogP contribution in [0.3, 0.4) is 0 Å². The summed E-state index contributed by atoms with van der Waals surface area (Å²) in [5.74, 6) is -2.04. The maximum Gasteiger partial charge on any atom is 0.308 e. The Morgan fingerprint density at radius 3 is 2.61 bits per heavy atom. The number of nitrogens with zero attached hydrogens (tertiary/aromatic N) is 2. The van der Waals surface area contributed by atoms with Crippen molar-refractivity contribution in [2.45, 2.75) is 13.3 Å². The average Bonchev–Trinajstić information content (AvgIpc) is 2.96. The van der Waals surface area contributed by atoms with Crippen LogP contribution in [0.5, 0.6) is 0 Å². The molecule has 2 aromatic rings. The molecular weight excluding hydrogens is 319 g/mol. The standard InChI is InChI=1S/C16H17FN2O3S/c1-10(16(21)22)8-19(2)15(20)7-14-18-13(9-23-14)11-3-5-12(17)6-4-11/h3-6,9-10H,7-8H2,1-2H3,(H,21,22). The van der Waals surface area contributed by atoms with Gasteiger partial charge in [0.05, 0.1) is 18.0 Å². The minimum absolute atomic E-state index is 0.120. The Balaban J connectivity index is 1.99. The van der Waals surface area contributed by atoms with E-state index in [1.165, 1.54) is 28.4 Å². The largest absolute Gasteiger partial charge is 0.481 e. The van der Waals surface area contributed by atoms with Crippen LogP contribution in [0.1, 0.15) is 11.9 Å². The maximum absolute atomic E-state index is 12.9. The quantitative estimate of drug-likeness (QED) is 0.880. The molecule has 0 saturated carbocycles. The molecule has 1 amide bonds. The third-order valence-electron chi connectivity index (χ3n) is 3.39. The zero-order valence-corrected chi connectivity index (χ0v) is 13.6. The molecule has 1 unspecified atom stereocenters.